The molecule has 4 nitrogen and oxygen atoms in total. The summed E-state index contributed by atoms with van der Waals surface area (Å²) in [5, 5.41) is 0. The third kappa shape index (κ3) is 1.72. The summed E-state index contributed by atoms with van der Waals surface area (Å²) in [6, 6.07) is 3.30. The molecule has 0 radical (unpaired) electrons. The molecule has 18 heavy (non-hydrogen) atoms. The van der Waals surface area contributed by atoms with Crippen LogP contribution in [0.15, 0.2) is 12.1 Å². The summed E-state index contributed by atoms with van der Waals surface area (Å²) in [7, 11) is 1.45. The van der Waals surface area contributed by atoms with E-state index < -0.39 is 5.82 Å². The molecule has 0 bridgehead atoms. The highest BCUT2D eigenvalue weighted by Gasteiger charge is 2.21. The van der Waals surface area contributed by atoms with Crippen LogP contribution in [0.1, 0.15) is 12.5 Å². The van der Waals surface area contributed by atoms with Crippen LogP contribution in [0.5, 0.6) is 5.75 Å². The smallest absolute Gasteiger partial charge is 0.178 e. The van der Waals surface area contributed by atoms with Gasteiger partial charge in [0.05, 0.1) is 30.8 Å². The van der Waals surface area contributed by atoms with Crippen molar-refractivity contribution in [3.8, 4) is 5.75 Å². The minimum atomic E-state index is -0.393. The topological polar surface area (TPSA) is 39.2 Å². The lowest BCUT2D eigenvalue weighted by atomic mass is 10.2. The van der Waals surface area contributed by atoms with Gasteiger partial charge in [-0.25, -0.2) is 4.39 Å². The summed E-state index contributed by atoms with van der Waals surface area (Å²) in [6.07, 6.45) is 0.918. The lowest BCUT2D eigenvalue weighted by molar-refractivity contribution is 0.187. The Bertz CT molecular complexity index is 643. The Morgan fingerprint density at radius 3 is 3.06 bits per heavy atom. The van der Waals surface area contributed by atoms with E-state index in [4.69, 9.17) is 21.7 Å². The number of methoxy groups -OCH3 is 1. The molecule has 6 heteroatoms. The summed E-state index contributed by atoms with van der Waals surface area (Å²) in [6.45, 7) is 1.37. The third-order valence-electron chi connectivity index (χ3n) is 3.26. The highest BCUT2D eigenvalue weighted by Crippen LogP contribution is 2.29. The molecule has 2 heterocycles. The van der Waals surface area contributed by atoms with E-state index in [0.29, 0.717) is 16.9 Å². The number of imidazole rings is 1. The Morgan fingerprint density at radius 1 is 1.56 bits per heavy atom. The van der Waals surface area contributed by atoms with Crippen molar-refractivity contribution in [3.05, 3.63) is 22.7 Å². The van der Waals surface area contributed by atoms with Crippen LogP contribution in [0.2, 0.25) is 0 Å². The number of hydrogen-bond donors (Lipinski definition) is 1. The van der Waals surface area contributed by atoms with Crippen LogP contribution in [0.25, 0.3) is 11.0 Å². The molecule has 1 unspecified atom stereocenters. The van der Waals surface area contributed by atoms with Crippen molar-refractivity contribution in [2.75, 3.05) is 20.3 Å². The molecule has 1 aliphatic heterocycles. The first kappa shape index (κ1) is 11.7. The Balaban J connectivity index is 2.23. The first-order chi connectivity index (χ1) is 8.70. The second-order valence-corrected chi connectivity index (χ2v) is 4.71. The van der Waals surface area contributed by atoms with Gasteiger partial charge in [-0.1, -0.05) is 0 Å². The summed E-state index contributed by atoms with van der Waals surface area (Å²) in [4.78, 5) is 3.02. The maximum atomic E-state index is 13.6. The average molecular weight is 268 g/mol. The van der Waals surface area contributed by atoms with Crippen molar-refractivity contribution in [3.63, 3.8) is 0 Å². The fourth-order valence-electron chi connectivity index (χ4n) is 2.37. The average Bonchev–Trinajstić information content (AvgIpc) is 2.94. The molecule has 0 aliphatic carbocycles. The highest BCUT2D eigenvalue weighted by atomic mass is 32.1. The predicted molar refractivity (Wildman–Crippen MR) is 68.1 cm³/mol. The van der Waals surface area contributed by atoms with Gasteiger partial charge in [0.25, 0.3) is 0 Å². The van der Waals surface area contributed by atoms with Crippen LogP contribution >= 0.6 is 12.2 Å². The largest absolute Gasteiger partial charge is 0.494 e. The SMILES string of the molecule is COc1cc2c(cc1F)[nH]c(=S)n2C1CCOC1. The molecule has 96 valence electrons. The normalized spacial score (nSPS) is 19.6. The Labute approximate surface area is 108 Å². The van der Waals surface area contributed by atoms with Gasteiger partial charge in [0, 0.05) is 18.7 Å². The molecular formula is C12H13FN2O2S. The summed E-state index contributed by atoms with van der Waals surface area (Å²) < 4.78 is 26.6. The molecule has 1 aromatic carbocycles. The molecule has 1 atom stereocenters. The van der Waals surface area contributed by atoms with Crippen LogP contribution in [0, 0.1) is 10.6 Å². The lowest BCUT2D eigenvalue weighted by Crippen LogP contribution is -2.08. The Morgan fingerprint density at radius 2 is 2.39 bits per heavy atom. The van der Waals surface area contributed by atoms with Crippen molar-refractivity contribution in [1.82, 2.24) is 9.55 Å². The summed E-state index contributed by atoms with van der Waals surface area (Å²) in [5.74, 6) is -0.166. The lowest BCUT2D eigenvalue weighted by Gasteiger charge is -2.11. The Kier molecular flexibility index (Phi) is 2.83. The molecule has 0 saturated carbocycles. The molecule has 1 fully saturated rings. The van der Waals surface area contributed by atoms with Gasteiger partial charge in [-0.2, -0.15) is 0 Å². The molecule has 1 aromatic heterocycles. The van der Waals surface area contributed by atoms with Crippen molar-refractivity contribution >= 4 is 23.3 Å². The highest BCUT2D eigenvalue weighted by molar-refractivity contribution is 7.71. The standard InChI is InChI=1S/C12H13FN2O2S/c1-16-11-5-10-9(4-8(11)13)14-12(18)15(10)7-2-3-17-6-7/h4-5,7H,2-3,6H2,1H3,(H,14,18). The molecular weight excluding hydrogens is 255 g/mol. The van der Waals surface area contributed by atoms with Gasteiger partial charge in [-0.3, -0.25) is 0 Å². The summed E-state index contributed by atoms with van der Waals surface area (Å²) in [5.41, 5.74) is 1.54. The number of H-pyrrole nitrogens is 1. The van der Waals surface area contributed by atoms with E-state index in [1.54, 1.807) is 6.07 Å². The second kappa shape index (κ2) is 4.37. The zero-order chi connectivity index (χ0) is 12.7. The quantitative estimate of drug-likeness (QED) is 0.851. The minimum absolute atomic E-state index is 0.210. The fraction of sp³-hybridized carbons (Fsp3) is 0.417. The number of hydrogen-bond acceptors (Lipinski definition) is 3. The third-order valence-corrected chi connectivity index (χ3v) is 3.56. The van der Waals surface area contributed by atoms with Crippen molar-refractivity contribution < 1.29 is 13.9 Å². The number of aromatic nitrogens is 2. The van der Waals surface area contributed by atoms with Gasteiger partial charge >= 0.3 is 0 Å². The first-order valence-electron chi connectivity index (χ1n) is 5.76. The van der Waals surface area contributed by atoms with Crippen molar-refractivity contribution in [1.29, 1.82) is 0 Å². The number of fused-ring (bicyclic) bond motifs is 1. The van der Waals surface area contributed by atoms with Gasteiger partial charge in [0.15, 0.2) is 16.3 Å². The molecule has 2 aromatic rings. The van der Waals surface area contributed by atoms with E-state index in [0.717, 1.165) is 18.5 Å². The predicted octanol–water partition coefficient (Wildman–Crippen LogP) is 2.81. The molecule has 1 aliphatic rings. The van der Waals surface area contributed by atoms with Gasteiger partial charge in [-0.05, 0) is 18.6 Å². The van der Waals surface area contributed by atoms with Crippen LogP contribution in [-0.2, 0) is 4.74 Å². The molecule has 1 N–H and O–H groups in total. The van der Waals surface area contributed by atoms with E-state index in [9.17, 15) is 4.39 Å². The van der Waals surface area contributed by atoms with Crippen LogP contribution in [-0.4, -0.2) is 29.9 Å². The Hall–Kier alpha value is -1.40. The zero-order valence-corrected chi connectivity index (χ0v) is 10.7. The number of benzene rings is 1. The van der Waals surface area contributed by atoms with E-state index in [-0.39, 0.29) is 11.8 Å². The van der Waals surface area contributed by atoms with Crippen LogP contribution < -0.4 is 4.74 Å². The minimum Gasteiger partial charge on any atom is -0.494 e. The maximum Gasteiger partial charge on any atom is 0.178 e. The van der Waals surface area contributed by atoms with Gasteiger partial charge in [0.1, 0.15) is 0 Å². The number of rotatable bonds is 2. The van der Waals surface area contributed by atoms with E-state index in [1.165, 1.54) is 13.2 Å². The first-order valence-corrected chi connectivity index (χ1v) is 6.17. The fourth-order valence-corrected chi connectivity index (χ4v) is 2.73. The molecule has 0 amide bonds. The zero-order valence-electron chi connectivity index (χ0n) is 9.90. The number of aromatic amines is 1. The number of nitrogens with one attached hydrogen (secondary N) is 1. The van der Waals surface area contributed by atoms with Gasteiger partial charge < -0.3 is 19.0 Å². The van der Waals surface area contributed by atoms with E-state index in [1.807, 2.05) is 4.57 Å². The number of halogens is 1. The van der Waals surface area contributed by atoms with Crippen LogP contribution in [0.3, 0.4) is 0 Å². The number of ether oxygens (including phenoxy) is 2. The monoisotopic (exact) mass is 268 g/mol. The van der Waals surface area contributed by atoms with E-state index >= 15 is 0 Å². The van der Waals surface area contributed by atoms with Crippen LogP contribution in [0.4, 0.5) is 4.39 Å². The molecule has 1 saturated heterocycles. The van der Waals surface area contributed by atoms with E-state index in [2.05, 4.69) is 4.98 Å². The molecule has 3 rings (SSSR count). The second-order valence-electron chi connectivity index (χ2n) is 4.32. The van der Waals surface area contributed by atoms with Crippen molar-refractivity contribution in [2.45, 2.75) is 12.5 Å². The van der Waals surface area contributed by atoms with Gasteiger partial charge in [-0.15, -0.1) is 0 Å². The van der Waals surface area contributed by atoms with Crippen molar-refractivity contribution in [2.24, 2.45) is 0 Å². The maximum absolute atomic E-state index is 13.6. The summed E-state index contributed by atoms with van der Waals surface area (Å²) >= 11 is 5.30. The van der Waals surface area contributed by atoms with Gasteiger partial charge in [0.2, 0.25) is 0 Å². The molecule has 0 spiro atoms. The number of nitrogens with zero attached hydrogens (tertiary/aromatic N) is 1.